The van der Waals surface area contributed by atoms with E-state index in [4.69, 9.17) is 4.52 Å². The van der Waals surface area contributed by atoms with Gasteiger partial charge in [-0.05, 0) is 18.2 Å². The third-order valence-electron chi connectivity index (χ3n) is 2.95. The van der Waals surface area contributed by atoms with E-state index in [9.17, 15) is 8.42 Å². The lowest BCUT2D eigenvalue weighted by Gasteiger charge is -2.01. The van der Waals surface area contributed by atoms with Gasteiger partial charge in [0, 0.05) is 13.1 Å². The molecule has 22 heavy (non-hydrogen) atoms. The van der Waals surface area contributed by atoms with Gasteiger partial charge in [0.1, 0.15) is 5.75 Å². The van der Waals surface area contributed by atoms with Gasteiger partial charge in [-0.1, -0.05) is 23.4 Å². The molecule has 7 nitrogen and oxygen atoms in total. The van der Waals surface area contributed by atoms with Crippen molar-refractivity contribution in [3.05, 3.63) is 60.0 Å². The minimum absolute atomic E-state index is 0.166. The van der Waals surface area contributed by atoms with Crippen LogP contribution in [0.25, 0.3) is 5.69 Å². The zero-order chi connectivity index (χ0) is 15.6. The maximum atomic E-state index is 12.2. The predicted octanol–water partition coefficient (Wildman–Crippen LogP) is 1.68. The van der Waals surface area contributed by atoms with Crippen LogP contribution in [0, 0.1) is 6.92 Å². The van der Waals surface area contributed by atoms with Crippen LogP contribution in [-0.2, 0) is 21.3 Å². The summed E-state index contributed by atoms with van der Waals surface area (Å²) < 4.78 is 30.7. The first-order chi connectivity index (χ1) is 10.5. The Morgan fingerprint density at radius 2 is 1.91 bits per heavy atom. The molecule has 8 heteroatoms. The van der Waals surface area contributed by atoms with Crippen molar-refractivity contribution >= 4 is 9.84 Å². The lowest BCUT2D eigenvalue weighted by atomic mass is 10.3. The van der Waals surface area contributed by atoms with Crippen LogP contribution in [0.3, 0.4) is 0 Å². The zero-order valence-corrected chi connectivity index (χ0v) is 12.7. The fraction of sp³-hybridized carbons (Fsp3) is 0.214. The summed E-state index contributed by atoms with van der Waals surface area (Å²) in [5, 5.41) is 7.89. The number of hydrogen-bond acceptors (Lipinski definition) is 6. The van der Waals surface area contributed by atoms with E-state index < -0.39 is 9.84 Å². The Hall–Kier alpha value is -2.48. The van der Waals surface area contributed by atoms with Crippen molar-refractivity contribution in [3.8, 4) is 5.69 Å². The van der Waals surface area contributed by atoms with Crippen molar-refractivity contribution in [2.45, 2.75) is 18.4 Å². The molecule has 3 aromatic rings. The molecule has 3 rings (SSSR count). The minimum atomic E-state index is -3.40. The molecule has 2 aromatic heterocycles. The van der Waals surface area contributed by atoms with E-state index in [0.29, 0.717) is 11.6 Å². The van der Waals surface area contributed by atoms with Crippen molar-refractivity contribution in [2.24, 2.45) is 0 Å². The molecule has 0 amide bonds. The van der Waals surface area contributed by atoms with Crippen molar-refractivity contribution in [1.82, 2.24) is 19.9 Å². The van der Waals surface area contributed by atoms with Crippen LogP contribution in [0.4, 0.5) is 0 Å². The highest BCUT2D eigenvalue weighted by molar-refractivity contribution is 7.89. The van der Waals surface area contributed by atoms with Gasteiger partial charge in [0.15, 0.2) is 15.7 Å². The van der Waals surface area contributed by atoms with Crippen LogP contribution in [0.5, 0.6) is 0 Å². The standard InChI is InChI=1S/C14H14N4O3S/c1-11-15-14(17-21-11)10-22(19,20)9-12-7-8-18(16-12)13-5-3-2-4-6-13/h2-8H,9-10H2,1H3. The van der Waals surface area contributed by atoms with Crippen molar-refractivity contribution < 1.29 is 12.9 Å². The first-order valence-corrected chi connectivity index (χ1v) is 8.43. The normalized spacial score (nSPS) is 11.7. The summed E-state index contributed by atoms with van der Waals surface area (Å²) in [6, 6.07) is 11.2. The summed E-state index contributed by atoms with van der Waals surface area (Å²) in [5.74, 6) is 0.0849. The highest BCUT2D eigenvalue weighted by atomic mass is 32.2. The van der Waals surface area contributed by atoms with Crippen LogP contribution >= 0.6 is 0 Å². The smallest absolute Gasteiger partial charge is 0.223 e. The summed E-state index contributed by atoms with van der Waals surface area (Å²) in [4.78, 5) is 3.91. The summed E-state index contributed by atoms with van der Waals surface area (Å²) in [6.45, 7) is 1.62. The molecule has 2 heterocycles. The minimum Gasteiger partial charge on any atom is -0.340 e. The molecule has 1 aromatic carbocycles. The second-order valence-electron chi connectivity index (χ2n) is 4.85. The Labute approximate surface area is 127 Å². The average molecular weight is 318 g/mol. The molecular formula is C14H14N4O3S. The third-order valence-corrected chi connectivity index (χ3v) is 4.39. The summed E-state index contributed by atoms with van der Waals surface area (Å²) in [6.07, 6.45) is 1.73. The van der Waals surface area contributed by atoms with Crippen molar-refractivity contribution in [2.75, 3.05) is 0 Å². The monoisotopic (exact) mass is 318 g/mol. The van der Waals surface area contributed by atoms with Crippen molar-refractivity contribution in [3.63, 3.8) is 0 Å². The molecule has 0 spiro atoms. The van der Waals surface area contributed by atoms with Gasteiger partial charge in [0.25, 0.3) is 0 Å². The zero-order valence-electron chi connectivity index (χ0n) is 11.9. The predicted molar refractivity (Wildman–Crippen MR) is 78.9 cm³/mol. The highest BCUT2D eigenvalue weighted by Gasteiger charge is 2.18. The largest absolute Gasteiger partial charge is 0.340 e. The van der Waals surface area contributed by atoms with E-state index in [1.807, 2.05) is 30.3 Å². The fourth-order valence-electron chi connectivity index (χ4n) is 2.04. The fourth-order valence-corrected chi connectivity index (χ4v) is 3.25. The summed E-state index contributed by atoms with van der Waals surface area (Å²) in [7, 11) is -3.40. The van der Waals surface area contributed by atoms with E-state index in [-0.39, 0.29) is 17.3 Å². The second-order valence-corrected chi connectivity index (χ2v) is 6.91. The molecule has 0 bridgehead atoms. The number of para-hydroxylation sites is 1. The molecule has 0 radical (unpaired) electrons. The highest BCUT2D eigenvalue weighted by Crippen LogP contribution is 2.12. The molecule has 0 fully saturated rings. The van der Waals surface area contributed by atoms with Gasteiger partial charge in [0.2, 0.25) is 5.89 Å². The van der Waals surface area contributed by atoms with E-state index in [1.54, 1.807) is 23.9 Å². The lowest BCUT2D eigenvalue weighted by Crippen LogP contribution is -2.09. The van der Waals surface area contributed by atoms with Gasteiger partial charge in [-0.25, -0.2) is 13.1 Å². The average Bonchev–Trinajstić information content (AvgIpc) is 3.08. The third kappa shape index (κ3) is 3.40. The summed E-state index contributed by atoms with van der Waals surface area (Å²) >= 11 is 0. The van der Waals surface area contributed by atoms with Crippen LogP contribution in [0.1, 0.15) is 17.4 Å². The Kier molecular flexibility index (Phi) is 3.76. The number of hydrogen-bond donors (Lipinski definition) is 0. The Bertz CT molecular complexity index is 868. The van der Waals surface area contributed by atoms with Gasteiger partial charge in [-0.15, -0.1) is 0 Å². The van der Waals surface area contributed by atoms with Gasteiger partial charge in [0.05, 0.1) is 17.1 Å². The number of sulfone groups is 1. The second kappa shape index (κ2) is 5.72. The maximum Gasteiger partial charge on any atom is 0.223 e. The molecule has 0 saturated heterocycles. The summed E-state index contributed by atoms with van der Waals surface area (Å²) in [5.41, 5.74) is 1.35. The van der Waals surface area contributed by atoms with E-state index >= 15 is 0 Å². The number of nitrogens with zero attached hydrogens (tertiary/aromatic N) is 4. The number of rotatable bonds is 5. The molecule has 0 aliphatic carbocycles. The SMILES string of the molecule is Cc1nc(CS(=O)(=O)Cc2ccn(-c3ccccc3)n2)no1. The lowest BCUT2D eigenvalue weighted by molar-refractivity contribution is 0.388. The topological polar surface area (TPSA) is 90.9 Å². The molecule has 0 atom stereocenters. The van der Waals surface area contributed by atoms with Crippen LogP contribution in [0.15, 0.2) is 47.1 Å². The first-order valence-electron chi connectivity index (χ1n) is 6.61. The molecule has 0 N–H and O–H groups in total. The maximum absolute atomic E-state index is 12.2. The molecule has 0 aliphatic heterocycles. The van der Waals surface area contributed by atoms with Crippen LogP contribution in [-0.4, -0.2) is 28.3 Å². The van der Waals surface area contributed by atoms with Crippen molar-refractivity contribution in [1.29, 1.82) is 0 Å². The number of aryl methyl sites for hydroxylation is 1. The van der Waals surface area contributed by atoms with Gasteiger partial charge >= 0.3 is 0 Å². The van der Waals surface area contributed by atoms with E-state index in [2.05, 4.69) is 15.2 Å². The van der Waals surface area contributed by atoms with Crippen LogP contribution in [0.2, 0.25) is 0 Å². The Morgan fingerprint density at radius 1 is 1.14 bits per heavy atom. The van der Waals surface area contributed by atoms with Gasteiger partial charge in [-0.3, -0.25) is 0 Å². The molecule has 0 saturated carbocycles. The van der Waals surface area contributed by atoms with E-state index in [0.717, 1.165) is 5.69 Å². The van der Waals surface area contributed by atoms with Gasteiger partial charge < -0.3 is 4.52 Å². The first kappa shape index (κ1) is 14.5. The Morgan fingerprint density at radius 3 is 2.59 bits per heavy atom. The van der Waals surface area contributed by atoms with Gasteiger partial charge in [-0.2, -0.15) is 10.1 Å². The molecular weight excluding hydrogens is 304 g/mol. The molecule has 114 valence electrons. The number of benzene rings is 1. The molecule has 0 unspecified atom stereocenters. The van der Waals surface area contributed by atoms with E-state index in [1.165, 1.54) is 0 Å². The van der Waals surface area contributed by atoms with Crippen LogP contribution < -0.4 is 0 Å². The Balaban J connectivity index is 1.74. The molecule has 0 aliphatic rings. The number of aromatic nitrogens is 4. The quantitative estimate of drug-likeness (QED) is 0.711.